The van der Waals surface area contributed by atoms with E-state index in [1.807, 2.05) is 0 Å². The first-order valence-corrected chi connectivity index (χ1v) is 8.28. The molecule has 2 heterocycles. The molecule has 1 aromatic rings. The molecule has 2 aliphatic heterocycles. The van der Waals surface area contributed by atoms with Crippen LogP contribution in [0, 0.1) is 0 Å². The highest BCUT2D eigenvalue weighted by atomic mass is 16.5. The van der Waals surface area contributed by atoms with Gasteiger partial charge < -0.3 is 20.5 Å². The summed E-state index contributed by atoms with van der Waals surface area (Å²) in [6.07, 6.45) is 0.0786. The van der Waals surface area contributed by atoms with Crippen LogP contribution in [-0.2, 0) is 22.6 Å². The largest absolute Gasteiger partial charge is 0.392 e. The molecule has 0 aliphatic carbocycles. The van der Waals surface area contributed by atoms with Crippen LogP contribution in [0.2, 0.25) is 0 Å². The number of hydrogen-bond donors (Lipinski definition) is 3. The van der Waals surface area contributed by atoms with Crippen molar-refractivity contribution in [3.05, 3.63) is 35.4 Å². The average molecular weight is 319 g/mol. The van der Waals surface area contributed by atoms with E-state index in [4.69, 9.17) is 4.74 Å². The Labute approximate surface area is 136 Å². The van der Waals surface area contributed by atoms with Crippen molar-refractivity contribution >= 4 is 5.91 Å². The van der Waals surface area contributed by atoms with Crippen LogP contribution in [0.1, 0.15) is 17.5 Å². The van der Waals surface area contributed by atoms with Gasteiger partial charge in [0.2, 0.25) is 5.91 Å². The fourth-order valence-corrected chi connectivity index (χ4v) is 3.01. The molecule has 6 nitrogen and oxygen atoms in total. The molecule has 1 amide bonds. The maximum Gasteiger partial charge on any atom is 0.237 e. The van der Waals surface area contributed by atoms with Gasteiger partial charge in [0, 0.05) is 32.7 Å². The molecule has 0 bridgehead atoms. The summed E-state index contributed by atoms with van der Waals surface area (Å²) in [6, 6.07) is 8.09. The summed E-state index contributed by atoms with van der Waals surface area (Å²) in [7, 11) is 0. The van der Waals surface area contributed by atoms with Gasteiger partial charge in [0.15, 0.2) is 0 Å². The van der Waals surface area contributed by atoms with Crippen molar-refractivity contribution in [3.63, 3.8) is 0 Å². The number of nitrogens with one attached hydrogen (secondary N) is 2. The van der Waals surface area contributed by atoms with Gasteiger partial charge in [-0.3, -0.25) is 9.69 Å². The number of β-amino-alcohol motifs (C(OH)–C–C–N with tert-alkyl or cyclic N) is 1. The Hall–Kier alpha value is -1.47. The van der Waals surface area contributed by atoms with Gasteiger partial charge in [-0.15, -0.1) is 0 Å². The van der Waals surface area contributed by atoms with E-state index in [1.54, 1.807) is 0 Å². The predicted molar refractivity (Wildman–Crippen MR) is 86.8 cm³/mol. The van der Waals surface area contributed by atoms with Crippen LogP contribution >= 0.6 is 0 Å². The van der Waals surface area contributed by atoms with E-state index in [2.05, 4.69) is 39.8 Å². The Bertz CT molecular complexity index is 514. The van der Waals surface area contributed by atoms with Crippen molar-refractivity contribution in [2.45, 2.75) is 31.7 Å². The summed E-state index contributed by atoms with van der Waals surface area (Å²) >= 11 is 0. The number of nitrogens with zero attached hydrogens (tertiary/aromatic N) is 1. The molecule has 0 unspecified atom stereocenters. The lowest BCUT2D eigenvalue weighted by atomic mass is 10.1. The topological polar surface area (TPSA) is 73.8 Å². The molecular weight excluding hydrogens is 294 g/mol. The van der Waals surface area contributed by atoms with Crippen molar-refractivity contribution in [1.29, 1.82) is 0 Å². The van der Waals surface area contributed by atoms with Crippen LogP contribution in [0.5, 0.6) is 0 Å². The van der Waals surface area contributed by atoms with E-state index < -0.39 is 6.10 Å². The number of carbonyl (C=O) groups is 1. The molecule has 0 spiro atoms. The molecule has 2 atom stereocenters. The molecule has 2 saturated heterocycles. The predicted octanol–water partition coefficient (Wildman–Crippen LogP) is -0.142. The number of rotatable bonds is 5. The van der Waals surface area contributed by atoms with Gasteiger partial charge in [-0.05, 0) is 17.5 Å². The van der Waals surface area contributed by atoms with Gasteiger partial charge >= 0.3 is 0 Å². The highest BCUT2D eigenvalue weighted by Gasteiger charge is 2.27. The normalized spacial score (nSPS) is 25.4. The molecule has 0 aromatic heterocycles. The minimum atomic E-state index is -0.412. The Morgan fingerprint density at radius 1 is 1.26 bits per heavy atom. The maximum absolute atomic E-state index is 12.0. The monoisotopic (exact) mass is 319 g/mol. The van der Waals surface area contributed by atoms with Gasteiger partial charge in [-0.2, -0.15) is 0 Å². The Morgan fingerprint density at radius 2 is 1.96 bits per heavy atom. The number of hydrogen-bond acceptors (Lipinski definition) is 5. The highest BCUT2D eigenvalue weighted by molar-refractivity contribution is 5.82. The molecule has 3 N–H and O–H groups in total. The third-order valence-electron chi connectivity index (χ3n) is 4.42. The SMILES string of the molecule is O=C(NCc1ccc(CN2CCOCC2)cc1)[C@@H]1C[C@@H](O)CN1. The zero-order valence-electron chi connectivity index (χ0n) is 13.3. The summed E-state index contributed by atoms with van der Waals surface area (Å²) in [4.78, 5) is 14.4. The molecule has 2 aliphatic rings. The first kappa shape index (κ1) is 16.4. The van der Waals surface area contributed by atoms with E-state index in [0.29, 0.717) is 19.5 Å². The zero-order valence-corrected chi connectivity index (χ0v) is 13.3. The summed E-state index contributed by atoms with van der Waals surface area (Å²) in [6.45, 7) is 5.55. The standard InChI is InChI=1S/C17H25N3O3/c21-15-9-16(18-11-15)17(22)19-10-13-1-3-14(4-2-13)12-20-5-7-23-8-6-20/h1-4,15-16,18,21H,5-12H2,(H,19,22)/t15-,16+/m1/s1. The van der Waals surface area contributed by atoms with Crippen LogP contribution in [0.25, 0.3) is 0 Å². The third kappa shape index (κ3) is 4.75. The van der Waals surface area contributed by atoms with Crippen LogP contribution in [0.4, 0.5) is 0 Å². The first-order chi connectivity index (χ1) is 11.2. The number of morpholine rings is 1. The maximum atomic E-state index is 12.0. The minimum absolute atomic E-state index is 0.0426. The minimum Gasteiger partial charge on any atom is -0.392 e. The second kappa shape index (κ2) is 7.88. The smallest absolute Gasteiger partial charge is 0.237 e. The van der Waals surface area contributed by atoms with Crippen molar-refractivity contribution in [1.82, 2.24) is 15.5 Å². The van der Waals surface area contributed by atoms with Gasteiger partial charge in [-0.1, -0.05) is 24.3 Å². The number of amides is 1. The fourth-order valence-electron chi connectivity index (χ4n) is 3.01. The number of carbonyl (C=O) groups excluding carboxylic acids is 1. The summed E-state index contributed by atoms with van der Waals surface area (Å²) in [5, 5.41) is 15.4. The van der Waals surface area contributed by atoms with E-state index in [1.165, 1.54) is 5.56 Å². The Kier molecular flexibility index (Phi) is 5.61. The molecule has 2 fully saturated rings. The van der Waals surface area contributed by atoms with Crippen molar-refractivity contribution in [3.8, 4) is 0 Å². The summed E-state index contributed by atoms with van der Waals surface area (Å²) < 4.78 is 5.36. The quantitative estimate of drug-likeness (QED) is 0.704. The van der Waals surface area contributed by atoms with E-state index in [9.17, 15) is 9.90 Å². The Balaban J connectivity index is 1.44. The fraction of sp³-hybridized carbons (Fsp3) is 0.588. The first-order valence-electron chi connectivity index (χ1n) is 8.28. The van der Waals surface area contributed by atoms with Crippen molar-refractivity contribution in [2.24, 2.45) is 0 Å². The molecule has 1 aromatic carbocycles. The lowest BCUT2D eigenvalue weighted by Gasteiger charge is -2.26. The lowest BCUT2D eigenvalue weighted by molar-refractivity contribution is -0.123. The zero-order chi connectivity index (χ0) is 16.1. The van der Waals surface area contributed by atoms with Crippen LogP contribution in [-0.4, -0.2) is 60.9 Å². The van der Waals surface area contributed by atoms with Crippen LogP contribution in [0.3, 0.4) is 0 Å². The number of aliphatic hydroxyl groups excluding tert-OH is 1. The van der Waals surface area contributed by atoms with Crippen LogP contribution in [0.15, 0.2) is 24.3 Å². The lowest BCUT2D eigenvalue weighted by Crippen LogP contribution is -2.40. The van der Waals surface area contributed by atoms with E-state index in [-0.39, 0.29) is 11.9 Å². The second-order valence-electron chi connectivity index (χ2n) is 6.27. The Morgan fingerprint density at radius 3 is 2.61 bits per heavy atom. The molecule has 3 rings (SSSR count). The van der Waals surface area contributed by atoms with Gasteiger partial charge in [0.25, 0.3) is 0 Å². The molecule has 6 heteroatoms. The van der Waals surface area contributed by atoms with E-state index >= 15 is 0 Å². The van der Waals surface area contributed by atoms with Crippen molar-refractivity contribution in [2.75, 3.05) is 32.8 Å². The average Bonchev–Trinajstić information content (AvgIpc) is 3.01. The van der Waals surface area contributed by atoms with Crippen molar-refractivity contribution < 1.29 is 14.6 Å². The number of ether oxygens (including phenoxy) is 1. The summed E-state index contributed by atoms with van der Waals surface area (Å²) in [5.74, 6) is -0.0426. The molecule has 0 radical (unpaired) electrons. The highest BCUT2D eigenvalue weighted by Crippen LogP contribution is 2.10. The number of aliphatic hydroxyl groups is 1. The molecule has 126 valence electrons. The summed E-state index contributed by atoms with van der Waals surface area (Å²) in [5.41, 5.74) is 2.37. The van der Waals surface area contributed by atoms with E-state index in [0.717, 1.165) is 38.4 Å². The molecule has 23 heavy (non-hydrogen) atoms. The third-order valence-corrected chi connectivity index (χ3v) is 4.42. The second-order valence-corrected chi connectivity index (χ2v) is 6.27. The van der Waals surface area contributed by atoms with Gasteiger partial charge in [-0.25, -0.2) is 0 Å². The van der Waals surface area contributed by atoms with Gasteiger partial charge in [0.1, 0.15) is 0 Å². The molecular formula is C17H25N3O3. The number of benzene rings is 1. The van der Waals surface area contributed by atoms with Gasteiger partial charge in [0.05, 0.1) is 25.4 Å². The van der Waals surface area contributed by atoms with Crippen LogP contribution < -0.4 is 10.6 Å². The molecule has 0 saturated carbocycles.